The lowest BCUT2D eigenvalue weighted by Crippen LogP contribution is -2.08. The minimum atomic E-state index is 0.464. The van der Waals surface area contributed by atoms with Crippen LogP contribution in [-0.2, 0) is 0 Å². The first-order valence-corrected chi connectivity index (χ1v) is 18.2. The van der Waals surface area contributed by atoms with Crippen molar-refractivity contribution in [2.24, 2.45) is 0 Å². The zero-order valence-electron chi connectivity index (χ0n) is 29.9. The van der Waals surface area contributed by atoms with E-state index in [1.165, 1.54) is 11.1 Å². The molecule has 0 aliphatic heterocycles. The van der Waals surface area contributed by atoms with Crippen LogP contribution in [0.25, 0.3) is 100.0 Å². The molecule has 11 aromatic rings. The summed E-state index contributed by atoms with van der Waals surface area (Å²) in [5.74, 6) is 1.50. The van der Waals surface area contributed by atoms with Crippen LogP contribution in [0, 0.1) is 25.2 Å². The number of aryl methyl sites for hydroxylation is 2. The molecule has 7 heteroatoms. The van der Waals surface area contributed by atoms with Gasteiger partial charge in [0.15, 0.2) is 11.6 Å². The first-order chi connectivity index (χ1) is 27.0. The molecule has 55 heavy (non-hydrogen) atoms. The number of nitrogens with zero attached hydrogens (tertiary/aromatic N) is 6. The van der Waals surface area contributed by atoms with Crippen molar-refractivity contribution < 1.29 is 4.42 Å². The predicted octanol–water partition coefficient (Wildman–Crippen LogP) is 11.8. The number of hydrogen-bond donors (Lipinski definition) is 0. The van der Waals surface area contributed by atoms with Crippen LogP contribution in [0.1, 0.15) is 16.7 Å². The van der Waals surface area contributed by atoms with Crippen LogP contribution in [0.4, 0.5) is 0 Å². The molecular formula is C48H30N6O. The van der Waals surface area contributed by atoms with Crippen molar-refractivity contribution in [1.29, 1.82) is 5.26 Å². The first kappa shape index (κ1) is 31.0. The summed E-state index contributed by atoms with van der Waals surface area (Å²) in [5.41, 5.74) is 11.0. The van der Waals surface area contributed by atoms with Crippen LogP contribution >= 0.6 is 0 Å². The third-order valence-electron chi connectivity index (χ3n) is 10.7. The second kappa shape index (κ2) is 11.7. The van der Waals surface area contributed by atoms with E-state index in [-0.39, 0.29) is 0 Å². The van der Waals surface area contributed by atoms with Crippen molar-refractivity contribution in [3.63, 3.8) is 0 Å². The zero-order valence-corrected chi connectivity index (χ0v) is 29.9. The maximum Gasteiger partial charge on any atom is 0.238 e. The van der Waals surface area contributed by atoms with Gasteiger partial charge in [0.2, 0.25) is 5.95 Å². The molecule has 11 rings (SSSR count). The summed E-state index contributed by atoms with van der Waals surface area (Å²) in [6, 6.07) is 52.0. The SMILES string of the molecule is Cc1ccc2c(c1)c1cc(C)ccc1n2-c1nc(-c2ccccc2)nc(-c2cc(C#N)ccc2-n2c3ccccc3c3cc4oc5ccccc5c4cc32)n1. The van der Waals surface area contributed by atoms with Gasteiger partial charge in [0.25, 0.3) is 0 Å². The van der Waals surface area contributed by atoms with Gasteiger partial charge in [0.1, 0.15) is 11.2 Å². The van der Waals surface area contributed by atoms with Gasteiger partial charge in [-0.1, -0.05) is 90.0 Å². The molecule has 0 saturated heterocycles. The Balaban J connectivity index is 1.24. The molecule has 0 saturated carbocycles. The molecule has 0 radical (unpaired) electrons. The number of hydrogen-bond acceptors (Lipinski definition) is 5. The smallest absolute Gasteiger partial charge is 0.238 e. The van der Waals surface area contributed by atoms with Crippen molar-refractivity contribution in [2.45, 2.75) is 13.8 Å². The van der Waals surface area contributed by atoms with Crippen LogP contribution in [0.2, 0.25) is 0 Å². The van der Waals surface area contributed by atoms with Crippen molar-refractivity contribution in [2.75, 3.05) is 0 Å². The van der Waals surface area contributed by atoms with Gasteiger partial charge in [-0.15, -0.1) is 0 Å². The maximum atomic E-state index is 10.3. The highest BCUT2D eigenvalue weighted by Gasteiger charge is 2.23. The summed E-state index contributed by atoms with van der Waals surface area (Å²) in [4.78, 5) is 15.7. The van der Waals surface area contributed by atoms with E-state index in [4.69, 9.17) is 19.4 Å². The summed E-state index contributed by atoms with van der Waals surface area (Å²) in [6.45, 7) is 4.23. The fourth-order valence-electron chi connectivity index (χ4n) is 8.19. The highest BCUT2D eigenvalue weighted by atomic mass is 16.3. The van der Waals surface area contributed by atoms with Crippen molar-refractivity contribution >= 4 is 65.6 Å². The Kier molecular flexibility index (Phi) is 6.61. The molecule has 258 valence electrons. The quantitative estimate of drug-likeness (QED) is 0.182. The molecule has 0 spiro atoms. The third-order valence-corrected chi connectivity index (χ3v) is 10.7. The maximum absolute atomic E-state index is 10.3. The topological polar surface area (TPSA) is 85.5 Å². The number of rotatable bonds is 4. The van der Waals surface area contributed by atoms with E-state index in [0.717, 1.165) is 76.8 Å². The molecule has 0 fully saturated rings. The number of fused-ring (bicyclic) bond motifs is 9. The minimum absolute atomic E-state index is 0.464. The Labute approximate surface area is 315 Å². The lowest BCUT2D eigenvalue weighted by atomic mass is 10.1. The molecule has 4 aromatic heterocycles. The van der Waals surface area contributed by atoms with Gasteiger partial charge in [-0.3, -0.25) is 4.57 Å². The van der Waals surface area contributed by atoms with Gasteiger partial charge in [0.05, 0.1) is 39.4 Å². The molecule has 0 amide bonds. The Morgan fingerprint density at radius 2 is 1.15 bits per heavy atom. The molecule has 7 nitrogen and oxygen atoms in total. The first-order valence-electron chi connectivity index (χ1n) is 18.2. The fourth-order valence-corrected chi connectivity index (χ4v) is 8.19. The molecule has 0 unspecified atom stereocenters. The summed E-state index contributed by atoms with van der Waals surface area (Å²) in [5, 5.41) is 16.8. The summed E-state index contributed by atoms with van der Waals surface area (Å²) in [6.07, 6.45) is 0. The van der Waals surface area contributed by atoms with Gasteiger partial charge in [-0.2, -0.15) is 15.2 Å². The van der Waals surface area contributed by atoms with Crippen LogP contribution in [0.3, 0.4) is 0 Å². The number of benzene rings is 7. The normalized spacial score (nSPS) is 11.8. The molecule has 0 atom stereocenters. The van der Waals surface area contributed by atoms with Gasteiger partial charge in [-0.05, 0) is 80.6 Å². The molecular weight excluding hydrogens is 677 g/mol. The number of aromatic nitrogens is 5. The van der Waals surface area contributed by atoms with E-state index in [0.29, 0.717) is 28.7 Å². The Hall–Kier alpha value is -7.56. The van der Waals surface area contributed by atoms with E-state index in [9.17, 15) is 5.26 Å². The Morgan fingerprint density at radius 1 is 0.491 bits per heavy atom. The van der Waals surface area contributed by atoms with E-state index in [2.05, 4.69) is 108 Å². The monoisotopic (exact) mass is 706 g/mol. The lowest BCUT2D eigenvalue weighted by molar-refractivity contribution is 0.669. The van der Waals surface area contributed by atoms with Gasteiger partial charge >= 0.3 is 0 Å². The standard InChI is InChI=1S/C48H30N6O/c1-28-16-19-40-34(22-28)35-23-29(2)17-20-41(35)54(40)48-51-46(31-10-4-3-5-11-31)50-47(52-48)38-24-30(27-49)18-21-42(38)53-39-14-8-6-12-32(39)36-26-45-37(25-43(36)53)33-13-7-9-15-44(33)55-45/h3-26H,1-2H3. The van der Waals surface area contributed by atoms with E-state index >= 15 is 0 Å². The molecule has 0 aliphatic carbocycles. The third kappa shape index (κ3) is 4.72. The second-order valence-corrected chi connectivity index (χ2v) is 14.2. The minimum Gasteiger partial charge on any atom is -0.456 e. The average molecular weight is 707 g/mol. The van der Waals surface area contributed by atoms with E-state index < -0.39 is 0 Å². The number of furan rings is 1. The van der Waals surface area contributed by atoms with Crippen LogP contribution in [0.15, 0.2) is 150 Å². The zero-order chi connectivity index (χ0) is 36.8. The lowest BCUT2D eigenvalue weighted by Gasteiger charge is -2.15. The van der Waals surface area contributed by atoms with Crippen LogP contribution < -0.4 is 0 Å². The Morgan fingerprint density at radius 3 is 1.91 bits per heavy atom. The van der Waals surface area contributed by atoms with Gasteiger partial charge < -0.3 is 8.98 Å². The summed E-state index contributed by atoms with van der Waals surface area (Å²) >= 11 is 0. The summed E-state index contributed by atoms with van der Waals surface area (Å²) in [7, 11) is 0. The second-order valence-electron chi connectivity index (χ2n) is 14.2. The largest absolute Gasteiger partial charge is 0.456 e. The Bertz CT molecular complexity index is 3360. The molecule has 0 bridgehead atoms. The molecule has 4 heterocycles. The van der Waals surface area contributed by atoms with Crippen LogP contribution in [-0.4, -0.2) is 24.1 Å². The molecule has 0 N–H and O–H groups in total. The average Bonchev–Trinajstić information content (AvgIpc) is 3.86. The van der Waals surface area contributed by atoms with Crippen molar-refractivity contribution in [1.82, 2.24) is 24.1 Å². The fraction of sp³-hybridized carbons (Fsp3) is 0.0417. The predicted molar refractivity (Wildman–Crippen MR) is 221 cm³/mol. The number of nitriles is 1. The molecule has 0 aliphatic rings. The van der Waals surface area contributed by atoms with Crippen molar-refractivity contribution in [3.8, 4) is 40.5 Å². The van der Waals surface area contributed by atoms with E-state index in [1.54, 1.807) is 0 Å². The van der Waals surface area contributed by atoms with Gasteiger partial charge in [-0.25, -0.2) is 4.98 Å². The molecule has 7 aromatic carbocycles. The van der Waals surface area contributed by atoms with Gasteiger partial charge in [0, 0.05) is 43.4 Å². The highest BCUT2D eigenvalue weighted by Crippen LogP contribution is 2.41. The number of para-hydroxylation sites is 2. The highest BCUT2D eigenvalue weighted by molar-refractivity contribution is 6.17. The van der Waals surface area contributed by atoms with E-state index in [1.807, 2.05) is 66.7 Å². The van der Waals surface area contributed by atoms with Crippen LogP contribution in [0.5, 0.6) is 0 Å². The van der Waals surface area contributed by atoms with Crippen molar-refractivity contribution in [3.05, 3.63) is 162 Å². The summed E-state index contributed by atoms with van der Waals surface area (Å²) < 4.78 is 10.7.